The molecular formula is C11H14O. The zero-order valence-corrected chi connectivity index (χ0v) is 7.54. The van der Waals surface area contributed by atoms with Crippen molar-refractivity contribution in [1.29, 1.82) is 0 Å². The summed E-state index contributed by atoms with van der Waals surface area (Å²) in [7, 11) is 0. The van der Waals surface area contributed by atoms with E-state index in [1.165, 1.54) is 5.56 Å². The first-order valence-electron chi connectivity index (χ1n) is 4.23. The van der Waals surface area contributed by atoms with Gasteiger partial charge in [-0.05, 0) is 25.0 Å². The van der Waals surface area contributed by atoms with Crippen LogP contribution in [0.2, 0.25) is 0 Å². The second kappa shape index (κ2) is 3.96. The van der Waals surface area contributed by atoms with Crippen molar-refractivity contribution < 1.29 is 5.11 Å². The number of phenolic OH excluding ortho intramolecular Hbond substituents is 1. The summed E-state index contributed by atoms with van der Waals surface area (Å²) in [5, 5.41) is 9.50. The van der Waals surface area contributed by atoms with Crippen LogP contribution >= 0.6 is 0 Å². The Bertz CT molecular complexity index is 287. The summed E-state index contributed by atoms with van der Waals surface area (Å²) in [6, 6.07) is 5.63. The van der Waals surface area contributed by atoms with Crippen LogP contribution in [0.25, 0.3) is 6.08 Å². The van der Waals surface area contributed by atoms with Crippen molar-refractivity contribution in [3.63, 3.8) is 0 Å². The molecule has 1 N–H and O–H groups in total. The van der Waals surface area contributed by atoms with Gasteiger partial charge < -0.3 is 5.11 Å². The standard InChI is InChI=1S/C11H14O/c1-3-6-10-9(4-2)7-5-8-11(10)12/h3,5-8,12H,4H2,1-2H3. The van der Waals surface area contributed by atoms with E-state index < -0.39 is 0 Å². The van der Waals surface area contributed by atoms with Crippen LogP contribution in [0.3, 0.4) is 0 Å². The van der Waals surface area contributed by atoms with E-state index in [0.717, 1.165) is 12.0 Å². The van der Waals surface area contributed by atoms with Crippen LogP contribution in [0.5, 0.6) is 5.75 Å². The van der Waals surface area contributed by atoms with Gasteiger partial charge in [0.2, 0.25) is 0 Å². The summed E-state index contributed by atoms with van der Waals surface area (Å²) in [6.45, 7) is 4.04. The van der Waals surface area contributed by atoms with Crippen molar-refractivity contribution in [2.24, 2.45) is 0 Å². The van der Waals surface area contributed by atoms with Crippen molar-refractivity contribution in [2.75, 3.05) is 0 Å². The molecular weight excluding hydrogens is 148 g/mol. The van der Waals surface area contributed by atoms with Crippen molar-refractivity contribution in [1.82, 2.24) is 0 Å². The predicted molar refractivity (Wildman–Crippen MR) is 52.2 cm³/mol. The van der Waals surface area contributed by atoms with Crippen LogP contribution in [0.4, 0.5) is 0 Å². The van der Waals surface area contributed by atoms with E-state index in [9.17, 15) is 5.11 Å². The van der Waals surface area contributed by atoms with Gasteiger partial charge in [-0.3, -0.25) is 0 Å². The number of aryl methyl sites for hydroxylation is 1. The van der Waals surface area contributed by atoms with E-state index in [1.54, 1.807) is 6.07 Å². The number of phenols is 1. The zero-order valence-electron chi connectivity index (χ0n) is 7.54. The number of hydrogen-bond acceptors (Lipinski definition) is 1. The second-order valence-electron chi connectivity index (χ2n) is 2.70. The first kappa shape index (κ1) is 8.85. The first-order valence-corrected chi connectivity index (χ1v) is 4.23. The number of aromatic hydroxyl groups is 1. The molecule has 0 aliphatic rings. The lowest BCUT2D eigenvalue weighted by Gasteiger charge is -2.04. The third kappa shape index (κ3) is 1.67. The van der Waals surface area contributed by atoms with Gasteiger partial charge in [-0.15, -0.1) is 0 Å². The number of benzene rings is 1. The van der Waals surface area contributed by atoms with E-state index in [4.69, 9.17) is 0 Å². The highest BCUT2D eigenvalue weighted by Crippen LogP contribution is 2.22. The molecule has 0 amide bonds. The van der Waals surface area contributed by atoms with E-state index >= 15 is 0 Å². The smallest absolute Gasteiger partial charge is 0.123 e. The van der Waals surface area contributed by atoms with Crippen LogP contribution in [0.1, 0.15) is 25.0 Å². The van der Waals surface area contributed by atoms with E-state index in [0.29, 0.717) is 5.75 Å². The molecule has 0 fully saturated rings. The molecule has 0 aliphatic carbocycles. The fourth-order valence-electron chi connectivity index (χ4n) is 1.27. The molecule has 1 nitrogen and oxygen atoms in total. The summed E-state index contributed by atoms with van der Waals surface area (Å²) in [5.41, 5.74) is 2.13. The lowest BCUT2D eigenvalue weighted by molar-refractivity contribution is 0.473. The molecule has 1 aromatic carbocycles. The molecule has 0 saturated carbocycles. The summed E-state index contributed by atoms with van der Waals surface area (Å²) >= 11 is 0. The minimum atomic E-state index is 0.368. The number of hydrogen-bond donors (Lipinski definition) is 1. The largest absolute Gasteiger partial charge is 0.507 e. The lowest BCUT2D eigenvalue weighted by atomic mass is 10.0. The third-order valence-electron chi connectivity index (χ3n) is 1.89. The molecule has 1 rings (SSSR count). The highest BCUT2D eigenvalue weighted by Gasteiger charge is 2.00. The molecule has 0 aromatic heterocycles. The summed E-state index contributed by atoms with van der Waals surface area (Å²) in [4.78, 5) is 0. The van der Waals surface area contributed by atoms with Gasteiger partial charge in [-0.1, -0.05) is 31.2 Å². The van der Waals surface area contributed by atoms with E-state index in [-0.39, 0.29) is 0 Å². The maximum atomic E-state index is 9.50. The fourth-order valence-corrected chi connectivity index (χ4v) is 1.27. The molecule has 0 bridgehead atoms. The second-order valence-corrected chi connectivity index (χ2v) is 2.70. The molecule has 0 unspecified atom stereocenters. The van der Waals surface area contributed by atoms with Crippen LogP contribution in [0.15, 0.2) is 24.3 Å². The van der Waals surface area contributed by atoms with Crippen molar-refractivity contribution in [2.45, 2.75) is 20.3 Å². The van der Waals surface area contributed by atoms with Gasteiger partial charge in [-0.25, -0.2) is 0 Å². The van der Waals surface area contributed by atoms with Crippen molar-refractivity contribution in [3.8, 4) is 5.75 Å². The quantitative estimate of drug-likeness (QED) is 0.708. The Hall–Kier alpha value is -1.24. The zero-order chi connectivity index (χ0) is 8.97. The van der Waals surface area contributed by atoms with Gasteiger partial charge >= 0.3 is 0 Å². The van der Waals surface area contributed by atoms with Crippen molar-refractivity contribution in [3.05, 3.63) is 35.4 Å². The average molecular weight is 162 g/mol. The third-order valence-corrected chi connectivity index (χ3v) is 1.89. The molecule has 0 atom stereocenters. The molecule has 0 aliphatic heterocycles. The minimum Gasteiger partial charge on any atom is -0.507 e. The molecule has 12 heavy (non-hydrogen) atoms. The van der Waals surface area contributed by atoms with Crippen LogP contribution in [-0.2, 0) is 6.42 Å². The SMILES string of the molecule is CC=Cc1c(O)cccc1CC. The van der Waals surface area contributed by atoms with E-state index in [2.05, 4.69) is 6.92 Å². The van der Waals surface area contributed by atoms with Crippen LogP contribution in [-0.4, -0.2) is 5.11 Å². The first-order chi connectivity index (χ1) is 5.79. The summed E-state index contributed by atoms with van der Waals surface area (Å²) in [5.74, 6) is 0.368. The summed E-state index contributed by atoms with van der Waals surface area (Å²) in [6.07, 6.45) is 4.83. The molecule has 64 valence electrons. The number of allylic oxidation sites excluding steroid dienone is 1. The van der Waals surface area contributed by atoms with Gasteiger partial charge in [0.05, 0.1) is 0 Å². The maximum absolute atomic E-state index is 9.50. The molecule has 0 heterocycles. The Labute approximate surface area is 73.4 Å². The van der Waals surface area contributed by atoms with Gasteiger partial charge in [0.1, 0.15) is 5.75 Å². The summed E-state index contributed by atoms with van der Waals surface area (Å²) < 4.78 is 0. The van der Waals surface area contributed by atoms with Crippen LogP contribution < -0.4 is 0 Å². The monoisotopic (exact) mass is 162 g/mol. The van der Waals surface area contributed by atoms with Gasteiger partial charge in [0.15, 0.2) is 0 Å². The average Bonchev–Trinajstić information content (AvgIpc) is 2.09. The topological polar surface area (TPSA) is 20.2 Å². The van der Waals surface area contributed by atoms with Crippen LogP contribution in [0, 0.1) is 0 Å². The Kier molecular flexibility index (Phi) is 2.92. The predicted octanol–water partition coefficient (Wildman–Crippen LogP) is 2.99. The highest BCUT2D eigenvalue weighted by molar-refractivity contribution is 5.60. The van der Waals surface area contributed by atoms with E-state index in [1.807, 2.05) is 31.2 Å². The fraction of sp³-hybridized carbons (Fsp3) is 0.273. The Morgan fingerprint density at radius 1 is 1.42 bits per heavy atom. The molecule has 0 saturated heterocycles. The van der Waals surface area contributed by atoms with Gasteiger partial charge in [0, 0.05) is 5.56 Å². The maximum Gasteiger partial charge on any atom is 0.123 e. The Morgan fingerprint density at radius 2 is 2.17 bits per heavy atom. The molecule has 1 heteroatoms. The lowest BCUT2D eigenvalue weighted by Crippen LogP contribution is -1.85. The van der Waals surface area contributed by atoms with Gasteiger partial charge in [-0.2, -0.15) is 0 Å². The Morgan fingerprint density at radius 3 is 2.75 bits per heavy atom. The van der Waals surface area contributed by atoms with Crippen molar-refractivity contribution >= 4 is 6.08 Å². The minimum absolute atomic E-state index is 0.368. The molecule has 0 spiro atoms. The van der Waals surface area contributed by atoms with Gasteiger partial charge in [0.25, 0.3) is 0 Å². The number of rotatable bonds is 2. The Balaban J connectivity index is 3.19. The highest BCUT2D eigenvalue weighted by atomic mass is 16.3. The molecule has 1 aromatic rings. The normalized spacial score (nSPS) is 10.8. The molecule has 0 radical (unpaired) electrons.